The molecule has 1 unspecified atom stereocenters. The normalized spacial score (nSPS) is 13.7. The number of nitrogens with zero attached hydrogens (tertiary/aromatic N) is 2. The zero-order valence-corrected chi connectivity index (χ0v) is 9.30. The van der Waals surface area contributed by atoms with Crippen molar-refractivity contribution in [2.75, 3.05) is 5.75 Å². The van der Waals surface area contributed by atoms with E-state index in [0.717, 1.165) is 4.68 Å². The van der Waals surface area contributed by atoms with E-state index in [2.05, 4.69) is 10.1 Å². The molecule has 2 N–H and O–H groups in total. The number of nitrogens with one attached hydrogen (secondary N) is 1. The van der Waals surface area contributed by atoms with Gasteiger partial charge in [0.15, 0.2) is 11.3 Å². The van der Waals surface area contributed by atoms with Gasteiger partial charge in [0.1, 0.15) is 0 Å². The Morgan fingerprint density at radius 3 is 2.65 bits per heavy atom. The molecule has 0 radical (unpaired) electrons. The predicted molar refractivity (Wildman–Crippen MR) is 52.9 cm³/mol. The van der Waals surface area contributed by atoms with Gasteiger partial charge >= 0.3 is 17.3 Å². The molecule has 1 aromatic rings. The lowest BCUT2D eigenvalue weighted by Crippen LogP contribution is -2.35. The summed E-state index contributed by atoms with van der Waals surface area (Å²) in [5, 5.41) is 10.7. The van der Waals surface area contributed by atoms with Crippen molar-refractivity contribution in [3.63, 3.8) is 0 Å². The Labute approximate surface area is 96.5 Å². The van der Waals surface area contributed by atoms with Crippen LogP contribution in [0.4, 0.5) is 13.2 Å². The Morgan fingerprint density at radius 1 is 1.53 bits per heavy atom. The highest BCUT2D eigenvalue weighted by Crippen LogP contribution is 2.24. The Kier molecular flexibility index (Phi) is 3.98. The molecule has 0 fully saturated rings. The number of H-pyrrole nitrogens is 1. The summed E-state index contributed by atoms with van der Waals surface area (Å²) < 4.78 is 37.0. The molecule has 0 saturated carbocycles. The minimum atomic E-state index is -4.73. The van der Waals surface area contributed by atoms with Crippen LogP contribution >= 0.6 is 11.8 Å². The second-order valence-electron chi connectivity index (χ2n) is 3.07. The van der Waals surface area contributed by atoms with Gasteiger partial charge < -0.3 is 5.11 Å². The number of aromatic nitrogens is 3. The summed E-state index contributed by atoms with van der Waals surface area (Å²) in [5.74, 6) is -0.712. The summed E-state index contributed by atoms with van der Waals surface area (Å²) in [5.41, 5.74) is -2.06. The van der Waals surface area contributed by atoms with Gasteiger partial charge in [-0.2, -0.15) is 18.2 Å². The van der Waals surface area contributed by atoms with Gasteiger partial charge in [-0.25, -0.2) is 0 Å². The minimum absolute atomic E-state index is 0.113. The first-order valence-electron chi connectivity index (χ1n) is 4.26. The smallest absolute Gasteiger partial charge is 0.383 e. The Hall–Kier alpha value is -1.29. The standard InChI is InChI=1S/C7H8F3N3O3S/c1-13-6(11-4(15)5(16)12-13)17-2-3(14)7(8,9)10/h3,14H,2H2,1H3,(H,12,16). The van der Waals surface area contributed by atoms with Crippen LogP contribution in [0.25, 0.3) is 0 Å². The van der Waals surface area contributed by atoms with Gasteiger partial charge in [0.05, 0.1) is 0 Å². The molecule has 17 heavy (non-hydrogen) atoms. The molecule has 1 aromatic heterocycles. The summed E-state index contributed by atoms with van der Waals surface area (Å²) in [7, 11) is 1.32. The molecule has 0 amide bonds. The zero-order chi connectivity index (χ0) is 13.2. The fraction of sp³-hybridized carbons (Fsp3) is 0.571. The lowest BCUT2D eigenvalue weighted by atomic mass is 10.4. The number of alkyl halides is 3. The number of aryl methyl sites for hydroxylation is 1. The van der Waals surface area contributed by atoms with Gasteiger partial charge in [-0.3, -0.25) is 19.4 Å². The topological polar surface area (TPSA) is 88.0 Å². The molecule has 0 aliphatic heterocycles. The van der Waals surface area contributed by atoms with Crippen LogP contribution in [0.1, 0.15) is 0 Å². The van der Waals surface area contributed by atoms with Crippen LogP contribution in [-0.4, -0.2) is 37.9 Å². The van der Waals surface area contributed by atoms with Gasteiger partial charge in [0.25, 0.3) is 0 Å². The molecule has 1 atom stereocenters. The van der Waals surface area contributed by atoms with E-state index >= 15 is 0 Å². The van der Waals surface area contributed by atoms with Gasteiger partial charge in [-0.15, -0.1) is 0 Å². The van der Waals surface area contributed by atoms with Crippen molar-refractivity contribution in [2.45, 2.75) is 17.4 Å². The number of halogens is 3. The third-order valence-electron chi connectivity index (χ3n) is 1.70. The predicted octanol–water partition coefficient (Wildman–Crippen LogP) is -0.516. The van der Waals surface area contributed by atoms with Crippen molar-refractivity contribution < 1.29 is 18.3 Å². The van der Waals surface area contributed by atoms with E-state index in [1.165, 1.54) is 7.05 Å². The summed E-state index contributed by atoms with van der Waals surface area (Å²) in [4.78, 5) is 24.9. The first-order chi connectivity index (χ1) is 7.71. The number of hydrogen-bond acceptors (Lipinski definition) is 5. The fourth-order valence-corrected chi connectivity index (χ4v) is 1.72. The fourth-order valence-electron chi connectivity index (χ4n) is 0.838. The highest BCUT2D eigenvalue weighted by Gasteiger charge is 2.38. The van der Waals surface area contributed by atoms with Crippen LogP contribution in [0.2, 0.25) is 0 Å². The van der Waals surface area contributed by atoms with Crippen LogP contribution < -0.4 is 11.1 Å². The van der Waals surface area contributed by atoms with E-state index in [1.807, 2.05) is 0 Å². The molecule has 0 aliphatic rings. The summed E-state index contributed by atoms with van der Waals surface area (Å²) in [6.07, 6.45) is -7.25. The van der Waals surface area contributed by atoms with Gasteiger partial charge in [-0.1, -0.05) is 11.8 Å². The SMILES string of the molecule is Cn1[nH]c(=O)c(=O)nc1SCC(O)C(F)(F)F. The number of aliphatic hydroxyl groups is 1. The van der Waals surface area contributed by atoms with Crippen molar-refractivity contribution in [2.24, 2.45) is 7.05 Å². The van der Waals surface area contributed by atoms with Crippen molar-refractivity contribution >= 4 is 11.8 Å². The number of aliphatic hydroxyl groups excluding tert-OH is 1. The molecule has 0 bridgehead atoms. The second kappa shape index (κ2) is 4.92. The molecular formula is C7H8F3N3O3S. The molecule has 0 aliphatic carbocycles. The molecule has 0 aromatic carbocycles. The molecule has 96 valence electrons. The number of thioether (sulfide) groups is 1. The van der Waals surface area contributed by atoms with Gasteiger partial charge in [0.2, 0.25) is 0 Å². The molecule has 10 heteroatoms. The van der Waals surface area contributed by atoms with Crippen LogP contribution in [0.15, 0.2) is 14.7 Å². The molecule has 0 spiro atoms. The van der Waals surface area contributed by atoms with Crippen molar-refractivity contribution in [3.8, 4) is 0 Å². The number of hydrogen-bond donors (Lipinski definition) is 2. The lowest BCUT2D eigenvalue weighted by molar-refractivity contribution is -0.195. The van der Waals surface area contributed by atoms with E-state index in [9.17, 15) is 22.8 Å². The molecule has 1 rings (SSSR count). The zero-order valence-electron chi connectivity index (χ0n) is 8.48. The summed E-state index contributed by atoms with van der Waals surface area (Å²) in [6, 6.07) is 0. The molecule has 1 heterocycles. The van der Waals surface area contributed by atoms with Crippen LogP contribution in [0.3, 0.4) is 0 Å². The second-order valence-corrected chi connectivity index (χ2v) is 4.06. The molecular weight excluding hydrogens is 263 g/mol. The van der Waals surface area contributed by atoms with E-state index < -0.39 is 29.2 Å². The van der Waals surface area contributed by atoms with Gasteiger partial charge in [-0.05, 0) is 0 Å². The highest BCUT2D eigenvalue weighted by atomic mass is 32.2. The van der Waals surface area contributed by atoms with E-state index in [1.54, 1.807) is 0 Å². The number of aromatic amines is 1. The first kappa shape index (κ1) is 13.8. The molecule has 0 saturated heterocycles. The third-order valence-corrected chi connectivity index (χ3v) is 2.80. The van der Waals surface area contributed by atoms with Crippen LogP contribution in [0, 0.1) is 0 Å². The highest BCUT2D eigenvalue weighted by molar-refractivity contribution is 7.99. The quantitative estimate of drug-likeness (QED) is 0.570. The van der Waals surface area contributed by atoms with E-state index in [0.29, 0.717) is 11.8 Å². The maximum atomic E-state index is 12.0. The van der Waals surface area contributed by atoms with Crippen molar-refractivity contribution in [3.05, 3.63) is 20.7 Å². The maximum Gasteiger partial charge on any atom is 0.415 e. The Bertz CT molecular complexity index is 510. The number of rotatable bonds is 3. The maximum absolute atomic E-state index is 12.0. The molecule has 6 nitrogen and oxygen atoms in total. The average Bonchev–Trinajstić information content (AvgIpc) is 2.19. The van der Waals surface area contributed by atoms with E-state index in [4.69, 9.17) is 5.11 Å². The first-order valence-corrected chi connectivity index (χ1v) is 5.25. The van der Waals surface area contributed by atoms with Crippen LogP contribution in [0.5, 0.6) is 0 Å². The third kappa shape index (κ3) is 3.60. The van der Waals surface area contributed by atoms with E-state index in [-0.39, 0.29) is 5.16 Å². The Morgan fingerprint density at radius 2 is 2.12 bits per heavy atom. The summed E-state index contributed by atoms with van der Waals surface area (Å²) in [6.45, 7) is 0. The lowest BCUT2D eigenvalue weighted by Gasteiger charge is -2.14. The van der Waals surface area contributed by atoms with Gasteiger partial charge in [0, 0.05) is 12.8 Å². The van der Waals surface area contributed by atoms with Crippen molar-refractivity contribution in [1.82, 2.24) is 14.8 Å². The summed E-state index contributed by atoms with van der Waals surface area (Å²) >= 11 is 0.517. The monoisotopic (exact) mass is 271 g/mol. The minimum Gasteiger partial charge on any atom is -0.383 e. The van der Waals surface area contributed by atoms with Crippen molar-refractivity contribution in [1.29, 1.82) is 0 Å². The van der Waals surface area contributed by atoms with Crippen LogP contribution in [-0.2, 0) is 7.05 Å². The Balaban J connectivity index is 2.81. The largest absolute Gasteiger partial charge is 0.415 e. The average molecular weight is 271 g/mol.